The predicted octanol–water partition coefficient (Wildman–Crippen LogP) is -1.20. The Hall–Kier alpha value is -2.15. The van der Waals surface area contributed by atoms with Crippen molar-refractivity contribution < 1.29 is 24.2 Å². The first-order valence-corrected chi connectivity index (χ1v) is 4.62. The number of carbonyl (C=O) groups is 3. The molecule has 0 aromatic heterocycles. The van der Waals surface area contributed by atoms with E-state index in [2.05, 4.69) is 23.2 Å². The zero-order valence-electron chi connectivity index (χ0n) is 9.09. The number of ether oxygens (including phenoxy) is 1. The summed E-state index contributed by atoms with van der Waals surface area (Å²) in [7, 11) is 0. The molecule has 0 saturated carbocycles. The van der Waals surface area contributed by atoms with Gasteiger partial charge >= 0.3 is 11.9 Å². The number of esters is 1. The largest absolute Gasteiger partial charge is 0.480 e. The Bertz CT molecular complexity index is 340. The molecule has 2 atom stereocenters. The van der Waals surface area contributed by atoms with Gasteiger partial charge in [0, 0.05) is 0 Å². The van der Waals surface area contributed by atoms with Crippen LogP contribution in [-0.4, -0.2) is 41.6 Å². The summed E-state index contributed by atoms with van der Waals surface area (Å²) >= 11 is 0. The third-order valence-corrected chi connectivity index (χ3v) is 1.72. The molecule has 0 radical (unpaired) electrons. The van der Waals surface area contributed by atoms with Crippen LogP contribution in [0, 0.1) is 0 Å². The molecule has 1 amide bonds. The highest BCUT2D eigenvalue weighted by atomic mass is 16.5. The van der Waals surface area contributed by atoms with Gasteiger partial charge in [0.25, 0.3) is 5.91 Å². The van der Waals surface area contributed by atoms with Gasteiger partial charge in [0.2, 0.25) is 0 Å². The van der Waals surface area contributed by atoms with Crippen LogP contribution in [-0.2, 0) is 19.1 Å². The molecule has 0 fully saturated rings. The van der Waals surface area contributed by atoms with Gasteiger partial charge in [0.15, 0.2) is 6.10 Å². The van der Waals surface area contributed by atoms with Crippen LogP contribution in [0.1, 0.15) is 0 Å². The first-order chi connectivity index (χ1) is 7.92. The van der Waals surface area contributed by atoms with Gasteiger partial charge in [0.1, 0.15) is 6.04 Å². The second-order valence-electron chi connectivity index (χ2n) is 2.98. The number of amides is 1. The number of nitrogens with two attached hydrogens (primary N) is 1. The lowest BCUT2D eigenvalue weighted by molar-refractivity contribution is -0.151. The molecule has 0 aromatic carbocycles. The molecule has 0 heterocycles. The summed E-state index contributed by atoms with van der Waals surface area (Å²) in [6, 6.07) is -1.07. The molecule has 7 nitrogen and oxygen atoms in total. The average molecular weight is 242 g/mol. The minimum atomic E-state index is -1.23. The van der Waals surface area contributed by atoms with E-state index in [1.165, 1.54) is 0 Å². The van der Waals surface area contributed by atoms with Gasteiger partial charge in [-0.3, -0.25) is 19.7 Å². The number of rotatable bonds is 8. The molecular weight excluding hydrogens is 228 g/mol. The van der Waals surface area contributed by atoms with Gasteiger partial charge in [-0.2, -0.15) is 0 Å². The van der Waals surface area contributed by atoms with E-state index in [1.807, 2.05) is 0 Å². The molecule has 0 saturated heterocycles. The number of hydrogen-bond donors (Lipinski definition) is 3. The van der Waals surface area contributed by atoms with Crippen molar-refractivity contribution in [3.05, 3.63) is 25.3 Å². The fourth-order valence-corrected chi connectivity index (χ4v) is 0.870. The number of hydrogen-bond acceptors (Lipinski definition) is 5. The Balaban J connectivity index is 4.18. The number of carboxylic acid groups (broad SMARTS) is 1. The minimum Gasteiger partial charge on any atom is -0.480 e. The maximum absolute atomic E-state index is 11.2. The normalized spacial score (nSPS) is 13.2. The van der Waals surface area contributed by atoms with Crippen molar-refractivity contribution in [2.45, 2.75) is 12.1 Å². The molecule has 0 rings (SSSR count). The maximum atomic E-state index is 11.2. The smallest absolute Gasteiger partial charge is 0.324 e. The van der Waals surface area contributed by atoms with Crippen LogP contribution < -0.4 is 11.1 Å². The second kappa shape index (κ2) is 7.18. The minimum absolute atomic E-state index is 0.388. The Morgan fingerprint density at radius 1 is 1.35 bits per heavy atom. The summed E-state index contributed by atoms with van der Waals surface area (Å²) in [6.45, 7) is 6.16. The zero-order chi connectivity index (χ0) is 13.4. The Kier molecular flexibility index (Phi) is 6.27. The predicted molar refractivity (Wildman–Crippen MR) is 58.9 cm³/mol. The van der Waals surface area contributed by atoms with E-state index in [0.717, 1.165) is 12.2 Å². The summed E-state index contributed by atoms with van der Waals surface area (Å²) in [4.78, 5) is 32.5. The molecule has 0 aliphatic rings. The lowest BCUT2D eigenvalue weighted by atomic mass is 10.3. The van der Waals surface area contributed by atoms with Crippen LogP contribution >= 0.6 is 0 Å². The third-order valence-electron chi connectivity index (χ3n) is 1.72. The molecule has 17 heavy (non-hydrogen) atoms. The van der Waals surface area contributed by atoms with Crippen LogP contribution in [0.5, 0.6) is 0 Å². The molecule has 7 heteroatoms. The summed E-state index contributed by atoms with van der Waals surface area (Å²) in [6.07, 6.45) is 0.966. The van der Waals surface area contributed by atoms with Gasteiger partial charge in [-0.05, 0) is 6.08 Å². The molecule has 0 aliphatic carbocycles. The van der Waals surface area contributed by atoms with E-state index in [1.54, 1.807) is 0 Å². The van der Waals surface area contributed by atoms with Crippen LogP contribution in [0.15, 0.2) is 25.3 Å². The number of carbonyl (C=O) groups excluding carboxylic acids is 2. The maximum Gasteiger partial charge on any atom is 0.324 e. The zero-order valence-corrected chi connectivity index (χ0v) is 9.09. The van der Waals surface area contributed by atoms with Crippen molar-refractivity contribution in [1.82, 2.24) is 5.32 Å². The number of primary amides is 1. The number of aliphatic carboxylic acids is 1. The summed E-state index contributed by atoms with van der Waals surface area (Å²) in [5.41, 5.74) is 4.91. The lowest BCUT2D eigenvalue weighted by Crippen LogP contribution is -2.40. The summed E-state index contributed by atoms with van der Waals surface area (Å²) in [5.74, 6) is -2.85. The quantitative estimate of drug-likeness (QED) is 0.363. The highest BCUT2D eigenvalue weighted by Crippen LogP contribution is 1.93. The second-order valence-corrected chi connectivity index (χ2v) is 2.98. The van der Waals surface area contributed by atoms with Crippen molar-refractivity contribution in [3.63, 3.8) is 0 Å². The topological polar surface area (TPSA) is 119 Å². The molecule has 94 valence electrons. The van der Waals surface area contributed by atoms with E-state index >= 15 is 0 Å². The van der Waals surface area contributed by atoms with Crippen LogP contribution in [0.2, 0.25) is 0 Å². The van der Waals surface area contributed by atoms with Gasteiger partial charge < -0.3 is 15.6 Å². The average Bonchev–Trinajstić information content (AvgIpc) is 2.25. The van der Waals surface area contributed by atoms with Crippen LogP contribution in [0.4, 0.5) is 0 Å². The highest BCUT2D eigenvalue weighted by Gasteiger charge is 2.18. The fraction of sp³-hybridized carbons (Fsp3) is 0.300. The van der Waals surface area contributed by atoms with E-state index in [4.69, 9.17) is 10.8 Å². The van der Waals surface area contributed by atoms with Crippen molar-refractivity contribution >= 4 is 17.8 Å². The Morgan fingerprint density at radius 3 is 2.29 bits per heavy atom. The van der Waals surface area contributed by atoms with Crippen molar-refractivity contribution in [2.75, 3.05) is 6.54 Å². The van der Waals surface area contributed by atoms with E-state index in [9.17, 15) is 14.4 Å². The van der Waals surface area contributed by atoms with Gasteiger partial charge in [0.05, 0.1) is 6.54 Å². The number of nitrogens with one attached hydrogen (secondary N) is 1. The van der Waals surface area contributed by atoms with E-state index in [-0.39, 0.29) is 6.54 Å². The Morgan fingerprint density at radius 2 is 1.94 bits per heavy atom. The molecule has 0 aliphatic heterocycles. The third kappa shape index (κ3) is 5.47. The standard InChI is InChI=1S/C10H14N2O5/c1-3-6(10(15)16)12-5-8(13)17-7(4-2)9(11)14/h3-4,6-7,12H,1-2,5H2,(H2,11,14)(H,15,16). The highest BCUT2D eigenvalue weighted by molar-refractivity contribution is 5.84. The van der Waals surface area contributed by atoms with Crippen LogP contribution in [0.3, 0.4) is 0 Å². The van der Waals surface area contributed by atoms with E-state index < -0.39 is 30.0 Å². The Labute approximate surface area is 97.9 Å². The van der Waals surface area contributed by atoms with Gasteiger partial charge in [-0.1, -0.05) is 12.7 Å². The van der Waals surface area contributed by atoms with Gasteiger partial charge in [-0.25, -0.2) is 0 Å². The summed E-state index contributed by atoms with van der Waals surface area (Å²) in [5, 5.41) is 11.0. The summed E-state index contributed by atoms with van der Waals surface area (Å²) < 4.78 is 4.61. The van der Waals surface area contributed by atoms with Crippen LogP contribution in [0.25, 0.3) is 0 Å². The van der Waals surface area contributed by atoms with Gasteiger partial charge in [-0.15, -0.1) is 6.58 Å². The van der Waals surface area contributed by atoms with Crippen molar-refractivity contribution in [3.8, 4) is 0 Å². The lowest BCUT2D eigenvalue weighted by Gasteiger charge is -2.12. The molecule has 0 spiro atoms. The number of carboxylic acids is 1. The molecule has 0 bridgehead atoms. The molecular formula is C10H14N2O5. The SMILES string of the molecule is C=CC(NCC(=O)OC(C=C)C(N)=O)C(=O)O. The first kappa shape index (κ1) is 14.8. The molecule has 4 N–H and O–H groups in total. The van der Waals surface area contributed by atoms with E-state index in [0.29, 0.717) is 0 Å². The van der Waals surface area contributed by atoms with Crippen molar-refractivity contribution in [2.24, 2.45) is 5.73 Å². The molecule has 2 unspecified atom stereocenters. The fourth-order valence-electron chi connectivity index (χ4n) is 0.870. The van der Waals surface area contributed by atoms with Crippen molar-refractivity contribution in [1.29, 1.82) is 0 Å². The monoisotopic (exact) mass is 242 g/mol. The molecule has 0 aromatic rings. The first-order valence-electron chi connectivity index (χ1n) is 4.62.